The van der Waals surface area contributed by atoms with Gasteiger partial charge in [-0.2, -0.15) is 9.49 Å². The van der Waals surface area contributed by atoms with Gasteiger partial charge in [0.2, 0.25) is 5.82 Å². The summed E-state index contributed by atoms with van der Waals surface area (Å²) < 4.78 is 26.5. The molecule has 1 heterocycles. The molecule has 0 saturated carbocycles. The number of nitrogens with one attached hydrogen (secondary N) is 2. The lowest BCUT2D eigenvalue weighted by Gasteiger charge is -2.05. The van der Waals surface area contributed by atoms with Crippen LogP contribution in [0.15, 0.2) is 24.4 Å². The zero-order chi connectivity index (χ0) is 13.8. The molecule has 6 nitrogen and oxygen atoms in total. The van der Waals surface area contributed by atoms with Crippen LogP contribution >= 0.6 is 0 Å². The fraction of sp³-hybridized carbons (Fsp3) is 0.182. The number of H-pyrrole nitrogens is 1. The fourth-order valence-corrected chi connectivity index (χ4v) is 1.57. The first kappa shape index (κ1) is 13.1. The van der Waals surface area contributed by atoms with Crippen LogP contribution in [0, 0.1) is 21.7 Å². The zero-order valence-corrected chi connectivity index (χ0v) is 9.69. The number of benzene rings is 1. The molecule has 8 heteroatoms. The molecule has 19 heavy (non-hydrogen) atoms. The highest BCUT2D eigenvalue weighted by atomic mass is 19.1. The molecule has 2 rings (SSSR count). The van der Waals surface area contributed by atoms with Crippen molar-refractivity contribution in [3.8, 4) is 0 Å². The minimum absolute atomic E-state index is 0.0348. The maximum Gasteiger partial charge on any atom is 0.305 e. The molecule has 0 aliphatic carbocycles. The van der Waals surface area contributed by atoms with Gasteiger partial charge in [0.15, 0.2) is 0 Å². The van der Waals surface area contributed by atoms with Crippen LogP contribution < -0.4 is 5.32 Å². The minimum Gasteiger partial charge on any atom is -0.307 e. The summed E-state index contributed by atoms with van der Waals surface area (Å²) in [4.78, 5) is 9.67. The van der Waals surface area contributed by atoms with E-state index in [-0.39, 0.29) is 12.1 Å². The number of halogens is 2. The molecule has 0 aliphatic heterocycles. The quantitative estimate of drug-likeness (QED) is 0.640. The molecular weight excluding hydrogens is 258 g/mol. The standard InChI is InChI=1S/C11H10F2N4O2/c12-9-4-10(13)11(17(18)19)3-7(9)5-14-6-8-1-2-15-16-8/h1-4,14H,5-6H2,(H,15,16). The highest BCUT2D eigenvalue weighted by molar-refractivity contribution is 5.37. The molecule has 0 bridgehead atoms. The van der Waals surface area contributed by atoms with Crippen LogP contribution in [-0.2, 0) is 13.1 Å². The van der Waals surface area contributed by atoms with E-state index in [1.54, 1.807) is 12.3 Å². The number of aromatic nitrogens is 2. The van der Waals surface area contributed by atoms with Crippen LogP contribution in [-0.4, -0.2) is 15.1 Å². The van der Waals surface area contributed by atoms with Crippen molar-refractivity contribution in [1.29, 1.82) is 0 Å². The average Bonchev–Trinajstić information content (AvgIpc) is 2.84. The van der Waals surface area contributed by atoms with E-state index in [1.807, 2.05) is 0 Å². The van der Waals surface area contributed by atoms with Gasteiger partial charge in [-0.05, 0) is 6.07 Å². The zero-order valence-electron chi connectivity index (χ0n) is 9.69. The van der Waals surface area contributed by atoms with Crippen molar-refractivity contribution in [1.82, 2.24) is 15.5 Å². The number of aromatic amines is 1. The number of nitrogens with zero attached hydrogens (tertiary/aromatic N) is 2. The Balaban J connectivity index is 2.07. The summed E-state index contributed by atoms with van der Waals surface area (Å²) in [7, 11) is 0. The number of hydrogen-bond acceptors (Lipinski definition) is 4. The van der Waals surface area contributed by atoms with Crippen LogP contribution in [0.2, 0.25) is 0 Å². The summed E-state index contributed by atoms with van der Waals surface area (Å²) in [5.41, 5.74) is 0.0874. The monoisotopic (exact) mass is 268 g/mol. The van der Waals surface area contributed by atoms with E-state index in [9.17, 15) is 18.9 Å². The third-order valence-corrected chi connectivity index (χ3v) is 2.50. The van der Waals surface area contributed by atoms with Crippen LogP contribution in [0.3, 0.4) is 0 Å². The summed E-state index contributed by atoms with van der Waals surface area (Å²) in [6.07, 6.45) is 1.57. The molecule has 0 amide bonds. The Morgan fingerprint density at radius 2 is 2.11 bits per heavy atom. The number of nitro groups is 1. The SMILES string of the molecule is O=[N+]([O-])c1cc(CNCc2ccn[nH]2)c(F)cc1F. The smallest absolute Gasteiger partial charge is 0.305 e. The van der Waals surface area contributed by atoms with Gasteiger partial charge in [-0.25, -0.2) is 4.39 Å². The van der Waals surface area contributed by atoms with Crippen molar-refractivity contribution < 1.29 is 13.7 Å². The average molecular weight is 268 g/mol. The highest BCUT2D eigenvalue weighted by Crippen LogP contribution is 2.21. The van der Waals surface area contributed by atoms with E-state index < -0.39 is 22.2 Å². The van der Waals surface area contributed by atoms with Gasteiger partial charge >= 0.3 is 5.69 Å². The van der Waals surface area contributed by atoms with Crippen molar-refractivity contribution in [3.63, 3.8) is 0 Å². The number of hydrogen-bond donors (Lipinski definition) is 2. The number of nitro benzene ring substituents is 1. The van der Waals surface area contributed by atoms with E-state index in [0.717, 1.165) is 11.8 Å². The third-order valence-electron chi connectivity index (χ3n) is 2.50. The Hall–Kier alpha value is -2.35. The van der Waals surface area contributed by atoms with Gasteiger partial charge in [-0.3, -0.25) is 15.2 Å². The first-order valence-electron chi connectivity index (χ1n) is 5.39. The first-order chi connectivity index (χ1) is 9.08. The van der Waals surface area contributed by atoms with Crippen molar-refractivity contribution in [3.05, 3.63) is 57.4 Å². The molecule has 0 unspecified atom stereocenters. The number of rotatable bonds is 5. The maximum atomic E-state index is 13.4. The van der Waals surface area contributed by atoms with Crippen molar-refractivity contribution in [2.45, 2.75) is 13.1 Å². The minimum atomic E-state index is -1.18. The van der Waals surface area contributed by atoms with Crippen molar-refractivity contribution in [2.75, 3.05) is 0 Å². The molecule has 100 valence electrons. The predicted octanol–water partition coefficient (Wildman–Crippen LogP) is 1.89. The molecule has 0 fully saturated rings. The largest absolute Gasteiger partial charge is 0.307 e. The fourth-order valence-electron chi connectivity index (χ4n) is 1.57. The van der Waals surface area contributed by atoms with E-state index >= 15 is 0 Å². The Bertz CT molecular complexity index is 587. The van der Waals surface area contributed by atoms with E-state index in [4.69, 9.17) is 0 Å². The molecule has 1 aromatic carbocycles. The van der Waals surface area contributed by atoms with Gasteiger partial charge in [-0.1, -0.05) is 0 Å². The summed E-state index contributed by atoms with van der Waals surface area (Å²) in [5.74, 6) is -2.00. The molecule has 1 aromatic heterocycles. The summed E-state index contributed by atoms with van der Waals surface area (Å²) in [6.45, 7) is 0.441. The summed E-state index contributed by atoms with van der Waals surface area (Å²) in [5, 5.41) is 19.9. The second-order valence-corrected chi connectivity index (χ2v) is 3.84. The topological polar surface area (TPSA) is 83.8 Å². The van der Waals surface area contributed by atoms with Crippen molar-refractivity contribution in [2.24, 2.45) is 0 Å². The normalized spacial score (nSPS) is 10.6. The summed E-state index contributed by atoms with van der Waals surface area (Å²) >= 11 is 0. The summed E-state index contributed by atoms with van der Waals surface area (Å²) in [6, 6.07) is 3.15. The highest BCUT2D eigenvalue weighted by Gasteiger charge is 2.18. The Morgan fingerprint density at radius 3 is 2.74 bits per heavy atom. The molecule has 2 aromatic rings. The Morgan fingerprint density at radius 1 is 1.32 bits per heavy atom. The van der Waals surface area contributed by atoms with Gasteiger partial charge in [0.05, 0.1) is 4.92 Å². The lowest BCUT2D eigenvalue weighted by molar-refractivity contribution is -0.387. The second kappa shape index (κ2) is 5.53. The Labute approximate surface area is 106 Å². The molecule has 0 atom stereocenters. The van der Waals surface area contributed by atoms with E-state index in [1.165, 1.54) is 0 Å². The van der Waals surface area contributed by atoms with Crippen LogP contribution in [0.25, 0.3) is 0 Å². The molecule has 0 spiro atoms. The van der Waals surface area contributed by atoms with Gasteiger partial charge in [0.1, 0.15) is 5.82 Å². The van der Waals surface area contributed by atoms with E-state index in [2.05, 4.69) is 15.5 Å². The van der Waals surface area contributed by atoms with Gasteiger partial charge in [-0.15, -0.1) is 0 Å². The van der Waals surface area contributed by atoms with E-state index in [0.29, 0.717) is 12.6 Å². The van der Waals surface area contributed by atoms with Crippen LogP contribution in [0.1, 0.15) is 11.3 Å². The molecular formula is C11H10F2N4O2. The van der Waals surface area contributed by atoms with Gasteiger partial charge in [0.25, 0.3) is 0 Å². The molecule has 0 saturated heterocycles. The molecule has 0 aliphatic rings. The maximum absolute atomic E-state index is 13.4. The van der Waals surface area contributed by atoms with Crippen molar-refractivity contribution >= 4 is 5.69 Å². The van der Waals surface area contributed by atoms with Gasteiger partial charge < -0.3 is 5.32 Å². The lowest BCUT2D eigenvalue weighted by Crippen LogP contribution is -2.14. The van der Waals surface area contributed by atoms with Gasteiger partial charge in [0, 0.05) is 42.7 Å². The molecule has 2 N–H and O–H groups in total. The third kappa shape index (κ3) is 3.10. The second-order valence-electron chi connectivity index (χ2n) is 3.84. The van der Waals surface area contributed by atoms with Crippen LogP contribution in [0.4, 0.5) is 14.5 Å². The Kier molecular flexibility index (Phi) is 3.81. The first-order valence-corrected chi connectivity index (χ1v) is 5.39. The lowest BCUT2D eigenvalue weighted by atomic mass is 10.1. The predicted molar refractivity (Wildman–Crippen MR) is 62.1 cm³/mol. The molecule has 0 radical (unpaired) electrons. The van der Waals surface area contributed by atoms with Crippen LogP contribution in [0.5, 0.6) is 0 Å².